The second kappa shape index (κ2) is 5.96. The van der Waals surface area contributed by atoms with E-state index in [1.54, 1.807) is 12.1 Å². The lowest BCUT2D eigenvalue weighted by Crippen LogP contribution is -2.19. The Morgan fingerprint density at radius 3 is 2.67 bits per heavy atom. The normalized spacial score (nSPS) is 16.8. The predicted molar refractivity (Wildman–Crippen MR) is 66.8 cm³/mol. The van der Waals surface area contributed by atoms with Gasteiger partial charge in [-0.15, -0.1) is 0 Å². The van der Waals surface area contributed by atoms with Gasteiger partial charge in [0.05, 0.1) is 6.04 Å². The maximum Gasteiger partial charge on any atom is 0.387 e. The van der Waals surface area contributed by atoms with E-state index in [1.165, 1.54) is 5.57 Å². The molecule has 0 radical (unpaired) electrons. The number of nitrogens with one attached hydrogen (secondary N) is 1. The Bertz CT molecular complexity index is 432. The fourth-order valence-corrected chi connectivity index (χ4v) is 2.42. The Morgan fingerprint density at radius 2 is 2.06 bits per heavy atom. The van der Waals surface area contributed by atoms with Crippen LogP contribution in [0.3, 0.4) is 0 Å². The van der Waals surface area contributed by atoms with Crippen LogP contribution in [-0.4, -0.2) is 13.7 Å². The molecule has 0 spiro atoms. The van der Waals surface area contributed by atoms with E-state index in [-0.39, 0.29) is 11.8 Å². The van der Waals surface area contributed by atoms with Crippen LogP contribution in [0.5, 0.6) is 5.75 Å². The summed E-state index contributed by atoms with van der Waals surface area (Å²) < 4.78 is 29.4. The molecule has 2 rings (SSSR count). The Hall–Kier alpha value is -1.42. The van der Waals surface area contributed by atoms with Crippen LogP contribution in [0.4, 0.5) is 8.78 Å². The first kappa shape index (κ1) is 13.0. The molecule has 2 nitrogen and oxygen atoms in total. The lowest BCUT2D eigenvalue weighted by molar-refractivity contribution is -0.0506. The van der Waals surface area contributed by atoms with Gasteiger partial charge in [-0.25, -0.2) is 0 Å². The van der Waals surface area contributed by atoms with Gasteiger partial charge in [-0.1, -0.05) is 29.8 Å². The predicted octanol–water partition coefficient (Wildman–Crippen LogP) is 3.66. The lowest BCUT2D eigenvalue weighted by Gasteiger charge is -2.21. The SMILES string of the molecule is CNC(C1=CCCC1)c1ccccc1OC(F)F. The van der Waals surface area contributed by atoms with E-state index < -0.39 is 6.61 Å². The molecule has 0 aliphatic heterocycles. The third kappa shape index (κ3) is 2.88. The Kier molecular flexibility index (Phi) is 4.31. The van der Waals surface area contributed by atoms with Crippen molar-refractivity contribution in [1.82, 2.24) is 5.32 Å². The largest absolute Gasteiger partial charge is 0.434 e. The molecule has 1 N–H and O–H groups in total. The smallest absolute Gasteiger partial charge is 0.387 e. The van der Waals surface area contributed by atoms with Crippen molar-refractivity contribution in [2.75, 3.05) is 7.05 Å². The van der Waals surface area contributed by atoms with Crippen LogP contribution in [0.2, 0.25) is 0 Å². The van der Waals surface area contributed by atoms with Crippen LogP contribution in [-0.2, 0) is 0 Å². The van der Waals surface area contributed by atoms with Gasteiger partial charge in [-0.2, -0.15) is 8.78 Å². The Balaban J connectivity index is 2.29. The van der Waals surface area contributed by atoms with Gasteiger partial charge in [0.1, 0.15) is 5.75 Å². The van der Waals surface area contributed by atoms with Crippen molar-refractivity contribution in [3.8, 4) is 5.75 Å². The molecule has 1 atom stereocenters. The fourth-order valence-electron chi connectivity index (χ4n) is 2.42. The molecule has 1 aliphatic carbocycles. The van der Waals surface area contributed by atoms with Gasteiger partial charge in [0.2, 0.25) is 0 Å². The summed E-state index contributed by atoms with van der Waals surface area (Å²) in [5.41, 5.74) is 2.02. The van der Waals surface area contributed by atoms with Crippen molar-refractivity contribution in [1.29, 1.82) is 0 Å². The molecular weight excluding hydrogens is 236 g/mol. The first-order valence-electron chi connectivity index (χ1n) is 6.12. The molecule has 0 saturated heterocycles. The molecule has 0 fully saturated rings. The van der Waals surface area contributed by atoms with Crippen LogP contribution in [0.15, 0.2) is 35.9 Å². The van der Waals surface area contributed by atoms with Crippen molar-refractivity contribution in [3.05, 3.63) is 41.5 Å². The molecule has 18 heavy (non-hydrogen) atoms. The topological polar surface area (TPSA) is 21.3 Å². The molecule has 98 valence electrons. The molecule has 1 unspecified atom stereocenters. The third-order valence-electron chi connectivity index (χ3n) is 3.18. The van der Waals surface area contributed by atoms with Gasteiger partial charge < -0.3 is 10.1 Å². The van der Waals surface area contributed by atoms with E-state index >= 15 is 0 Å². The minimum Gasteiger partial charge on any atom is -0.434 e. The maximum absolute atomic E-state index is 12.4. The lowest BCUT2D eigenvalue weighted by atomic mass is 9.97. The number of allylic oxidation sites excluding steroid dienone is 1. The second-order valence-corrected chi connectivity index (χ2v) is 4.31. The zero-order chi connectivity index (χ0) is 13.0. The molecule has 0 aromatic heterocycles. The van der Waals surface area contributed by atoms with E-state index in [9.17, 15) is 8.78 Å². The van der Waals surface area contributed by atoms with Crippen LogP contribution >= 0.6 is 0 Å². The van der Waals surface area contributed by atoms with Crippen molar-refractivity contribution in [2.45, 2.75) is 31.9 Å². The second-order valence-electron chi connectivity index (χ2n) is 4.31. The Morgan fingerprint density at radius 1 is 1.28 bits per heavy atom. The summed E-state index contributed by atoms with van der Waals surface area (Å²) >= 11 is 0. The summed E-state index contributed by atoms with van der Waals surface area (Å²) in [4.78, 5) is 0. The van der Waals surface area contributed by atoms with Gasteiger partial charge in [0.15, 0.2) is 0 Å². The average molecular weight is 253 g/mol. The van der Waals surface area contributed by atoms with Gasteiger partial charge in [0, 0.05) is 5.56 Å². The number of ether oxygens (including phenoxy) is 1. The maximum atomic E-state index is 12.4. The number of hydrogen-bond donors (Lipinski definition) is 1. The van der Waals surface area contributed by atoms with Crippen molar-refractivity contribution in [3.63, 3.8) is 0 Å². The van der Waals surface area contributed by atoms with E-state index in [0.717, 1.165) is 24.8 Å². The van der Waals surface area contributed by atoms with E-state index in [4.69, 9.17) is 0 Å². The fraction of sp³-hybridized carbons (Fsp3) is 0.429. The standard InChI is InChI=1S/C14H17F2NO/c1-17-13(10-6-2-3-7-10)11-8-4-5-9-12(11)18-14(15)16/h4-6,8-9,13-14,17H,2-3,7H2,1H3. The van der Waals surface area contributed by atoms with Gasteiger partial charge in [-0.3, -0.25) is 0 Å². The highest BCUT2D eigenvalue weighted by Gasteiger charge is 2.21. The minimum atomic E-state index is -2.79. The van der Waals surface area contributed by atoms with Crippen LogP contribution < -0.4 is 10.1 Å². The highest BCUT2D eigenvalue weighted by atomic mass is 19.3. The molecule has 1 aromatic carbocycles. The first-order valence-corrected chi connectivity index (χ1v) is 6.12. The van der Waals surface area contributed by atoms with Crippen LogP contribution in [0, 0.1) is 0 Å². The summed E-state index contributed by atoms with van der Waals surface area (Å²) in [5.74, 6) is 0.250. The molecule has 0 bridgehead atoms. The van der Waals surface area contributed by atoms with E-state index in [0.29, 0.717) is 0 Å². The number of halogens is 2. The van der Waals surface area contributed by atoms with Crippen molar-refractivity contribution in [2.24, 2.45) is 0 Å². The summed E-state index contributed by atoms with van der Waals surface area (Å²) in [6, 6.07) is 6.92. The highest BCUT2D eigenvalue weighted by Crippen LogP contribution is 2.35. The highest BCUT2D eigenvalue weighted by molar-refractivity contribution is 5.40. The number of rotatable bonds is 5. The first-order chi connectivity index (χ1) is 8.72. The number of para-hydroxylation sites is 1. The minimum absolute atomic E-state index is 0.0394. The monoisotopic (exact) mass is 253 g/mol. The summed E-state index contributed by atoms with van der Waals surface area (Å²) in [6.45, 7) is -2.79. The van der Waals surface area contributed by atoms with Crippen LogP contribution in [0.25, 0.3) is 0 Å². The summed E-state index contributed by atoms with van der Waals surface area (Å²) in [7, 11) is 1.84. The number of alkyl halides is 2. The molecule has 0 amide bonds. The number of likely N-dealkylation sites (N-methyl/N-ethyl adjacent to an activating group) is 1. The molecule has 0 heterocycles. The molecule has 0 saturated carbocycles. The van der Waals surface area contributed by atoms with Crippen molar-refractivity contribution < 1.29 is 13.5 Å². The van der Waals surface area contributed by atoms with E-state index in [1.807, 2.05) is 19.2 Å². The average Bonchev–Trinajstić information content (AvgIpc) is 2.85. The van der Waals surface area contributed by atoms with Gasteiger partial charge in [0.25, 0.3) is 0 Å². The summed E-state index contributed by atoms with van der Waals surface area (Å²) in [5, 5.41) is 3.18. The van der Waals surface area contributed by atoms with Crippen LogP contribution in [0.1, 0.15) is 30.9 Å². The molecule has 4 heteroatoms. The number of benzene rings is 1. The zero-order valence-electron chi connectivity index (χ0n) is 10.3. The third-order valence-corrected chi connectivity index (χ3v) is 3.18. The molecule has 1 aliphatic rings. The summed E-state index contributed by atoms with van der Waals surface area (Å²) in [6.07, 6.45) is 5.38. The zero-order valence-corrected chi connectivity index (χ0v) is 10.3. The van der Waals surface area contributed by atoms with Gasteiger partial charge >= 0.3 is 6.61 Å². The quantitative estimate of drug-likeness (QED) is 0.809. The number of hydrogen-bond acceptors (Lipinski definition) is 2. The Labute approximate surface area is 106 Å². The molecule has 1 aromatic rings. The van der Waals surface area contributed by atoms with E-state index in [2.05, 4.69) is 16.1 Å². The van der Waals surface area contributed by atoms with Gasteiger partial charge in [-0.05, 0) is 32.4 Å². The van der Waals surface area contributed by atoms with Crippen molar-refractivity contribution >= 4 is 0 Å². The molecular formula is C14H17F2NO.